The van der Waals surface area contributed by atoms with Gasteiger partial charge < -0.3 is 16.0 Å². The highest BCUT2D eigenvalue weighted by Gasteiger charge is 2.23. The average Bonchev–Trinajstić information content (AvgIpc) is 3.34. The summed E-state index contributed by atoms with van der Waals surface area (Å²) in [5.74, 6) is -0.270. The molecule has 1 aliphatic rings. The number of benzene rings is 1. The summed E-state index contributed by atoms with van der Waals surface area (Å²) in [4.78, 5) is 19.0. The highest BCUT2D eigenvalue weighted by molar-refractivity contribution is 8.15. The van der Waals surface area contributed by atoms with E-state index in [1.54, 1.807) is 23.1 Å². The van der Waals surface area contributed by atoms with Gasteiger partial charge in [0.05, 0.1) is 27.7 Å². The van der Waals surface area contributed by atoms with Crippen molar-refractivity contribution in [1.29, 1.82) is 0 Å². The first kappa shape index (κ1) is 19.9. The van der Waals surface area contributed by atoms with Crippen LogP contribution in [0.5, 0.6) is 0 Å². The molecule has 0 saturated carbocycles. The molecule has 3 aromatic rings. The van der Waals surface area contributed by atoms with E-state index in [0.717, 1.165) is 31.5 Å². The number of fused-ring (bicyclic) bond motifs is 1. The highest BCUT2D eigenvalue weighted by Crippen LogP contribution is 2.31. The number of amides is 1. The van der Waals surface area contributed by atoms with Crippen LogP contribution in [0.2, 0.25) is 0 Å². The molecule has 1 unspecified atom stereocenters. The van der Waals surface area contributed by atoms with Gasteiger partial charge in [0.25, 0.3) is 0 Å². The first-order valence-corrected chi connectivity index (χ1v) is 10.7. The molecule has 1 atom stereocenters. The van der Waals surface area contributed by atoms with Crippen molar-refractivity contribution >= 4 is 63.3 Å². The number of aryl methyl sites for hydroxylation is 1. The van der Waals surface area contributed by atoms with Crippen LogP contribution < -0.4 is 11.1 Å². The molecule has 142 valence electrons. The summed E-state index contributed by atoms with van der Waals surface area (Å²) in [6.07, 6.45) is 0.374. The number of nitrogens with zero attached hydrogens (tertiary/aromatic N) is 1. The van der Waals surface area contributed by atoms with E-state index in [-0.39, 0.29) is 11.2 Å². The first-order chi connectivity index (χ1) is 13.0. The largest absolute Gasteiger partial charge is 0.386 e. The van der Waals surface area contributed by atoms with Gasteiger partial charge in [-0.15, -0.1) is 24.0 Å². The maximum Gasteiger partial charge on any atom is 0.218 e. The van der Waals surface area contributed by atoms with Crippen molar-refractivity contribution in [2.45, 2.75) is 22.8 Å². The quantitative estimate of drug-likeness (QED) is 0.477. The van der Waals surface area contributed by atoms with E-state index in [2.05, 4.69) is 53.0 Å². The number of carbonyl (C=O) groups excluding carboxylic acids is 1. The van der Waals surface area contributed by atoms with Crippen molar-refractivity contribution in [3.63, 3.8) is 0 Å². The third-order valence-electron chi connectivity index (χ3n) is 4.02. The summed E-state index contributed by atoms with van der Waals surface area (Å²) in [6, 6.07) is 10.3. The van der Waals surface area contributed by atoms with Crippen molar-refractivity contribution in [3.05, 3.63) is 47.0 Å². The third-order valence-corrected chi connectivity index (χ3v) is 6.38. The van der Waals surface area contributed by atoms with Crippen LogP contribution in [0, 0.1) is 6.92 Å². The normalized spacial score (nSPS) is 16.0. The average molecular weight is 419 g/mol. The van der Waals surface area contributed by atoms with E-state index in [1.165, 1.54) is 5.56 Å². The van der Waals surface area contributed by atoms with Crippen LogP contribution in [-0.4, -0.2) is 34.8 Å². The molecule has 8 heteroatoms. The molecule has 1 aliphatic heterocycles. The lowest BCUT2D eigenvalue weighted by Crippen LogP contribution is -2.18. The Hall–Kier alpha value is -1.90. The van der Waals surface area contributed by atoms with E-state index < -0.39 is 0 Å². The summed E-state index contributed by atoms with van der Waals surface area (Å²) in [7, 11) is 1.92. The topological polar surface area (TPSA) is 83.3 Å². The Kier molecular flexibility index (Phi) is 6.51. The number of hydrogen-bond acceptors (Lipinski definition) is 6. The van der Waals surface area contributed by atoms with Crippen LogP contribution in [-0.2, 0) is 4.79 Å². The fraction of sp³-hybridized carbons (Fsp3) is 0.263. The van der Waals surface area contributed by atoms with Gasteiger partial charge in [0.2, 0.25) is 5.91 Å². The summed E-state index contributed by atoms with van der Waals surface area (Å²) < 4.78 is 1.08. The minimum atomic E-state index is -0.270. The predicted octanol–water partition coefficient (Wildman–Crippen LogP) is 4.29. The lowest BCUT2D eigenvalue weighted by atomic mass is 10.1. The number of primary amides is 1. The van der Waals surface area contributed by atoms with Crippen LogP contribution in [0.3, 0.4) is 0 Å². The Labute approximate surface area is 172 Å². The standard InChI is InChI=1S/C15H18N4OS.C4H4S2/c1-8-3-9-5-12(19-14(9)11(4-8)17-2)15-18-7-10(21-15)6-13(16)20;5-4-2-1-3-6-4/h3-5,10,17,19H,6-7H2,1-2H3,(H2,16,20);1-3,5H. The van der Waals surface area contributed by atoms with Crippen molar-refractivity contribution in [2.24, 2.45) is 10.7 Å². The molecule has 0 bridgehead atoms. The number of anilines is 1. The molecule has 2 aromatic heterocycles. The Balaban J connectivity index is 0.000000299. The molecule has 0 spiro atoms. The maximum absolute atomic E-state index is 11.0. The van der Waals surface area contributed by atoms with E-state index >= 15 is 0 Å². The number of H-pyrrole nitrogens is 1. The molecular weight excluding hydrogens is 396 g/mol. The van der Waals surface area contributed by atoms with Gasteiger partial charge in [-0.05, 0) is 42.1 Å². The van der Waals surface area contributed by atoms with E-state index in [9.17, 15) is 4.79 Å². The molecule has 5 nitrogen and oxygen atoms in total. The zero-order chi connectivity index (χ0) is 19.4. The Morgan fingerprint density at radius 1 is 1.44 bits per heavy atom. The van der Waals surface area contributed by atoms with Crippen LogP contribution in [0.4, 0.5) is 5.69 Å². The number of aliphatic imine (C=N–C) groups is 1. The van der Waals surface area contributed by atoms with Crippen LogP contribution >= 0.6 is 35.7 Å². The number of carbonyl (C=O) groups is 1. The maximum atomic E-state index is 11.0. The molecule has 3 heterocycles. The molecular formula is C19H22N4OS3. The molecule has 1 amide bonds. The van der Waals surface area contributed by atoms with E-state index in [1.807, 2.05) is 24.6 Å². The number of thiophene rings is 1. The summed E-state index contributed by atoms with van der Waals surface area (Å²) in [6.45, 7) is 2.73. The minimum Gasteiger partial charge on any atom is -0.386 e. The second-order valence-corrected chi connectivity index (χ2v) is 9.24. The first-order valence-electron chi connectivity index (χ1n) is 8.49. The van der Waals surface area contributed by atoms with E-state index in [0.29, 0.717) is 13.0 Å². The van der Waals surface area contributed by atoms with Crippen molar-refractivity contribution in [3.8, 4) is 0 Å². The highest BCUT2D eigenvalue weighted by atomic mass is 32.2. The van der Waals surface area contributed by atoms with Gasteiger partial charge >= 0.3 is 0 Å². The van der Waals surface area contributed by atoms with Crippen LogP contribution in [0.1, 0.15) is 17.7 Å². The number of thiol groups is 1. The molecule has 27 heavy (non-hydrogen) atoms. The summed E-state index contributed by atoms with van der Waals surface area (Å²) in [5, 5.41) is 7.49. The fourth-order valence-electron chi connectivity index (χ4n) is 2.87. The summed E-state index contributed by atoms with van der Waals surface area (Å²) in [5.41, 5.74) is 9.63. The number of hydrogen-bond donors (Lipinski definition) is 4. The molecule has 0 saturated heterocycles. The monoisotopic (exact) mass is 418 g/mol. The molecule has 1 aromatic carbocycles. The second kappa shape index (κ2) is 8.86. The zero-order valence-electron chi connectivity index (χ0n) is 15.2. The number of nitrogens with one attached hydrogen (secondary N) is 2. The predicted molar refractivity (Wildman–Crippen MR) is 121 cm³/mol. The Bertz CT molecular complexity index is 963. The van der Waals surface area contributed by atoms with Gasteiger partial charge in [0, 0.05) is 24.1 Å². The van der Waals surface area contributed by atoms with Gasteiger partial charge in [-0.2, -0.15) is 0 Å². The smallest absolute Gasteiger partial charge is 0.218 e. The lowest BCUT2D eigenvalue weighted by molar-refractivity contribution is -0.117. The number of aromatic amines is 1. The van der Waals surface area contributed by atoms with E-state index in [4.69, 9.17) is 5.73 Å². The second-order valence-electron chi connectivity index (χ2n) is 6.22. The van der Waals surface area contributed by atoms with Gasteiger partial charge in [0.1, 0.15) is 5.04 Å². The lowest BCUT2D eigenvalue weighted by Gasteiger charge is -2.04. The third kappa shape index (κ3) is 5.09. The SMILES string of the molecule is CNc1cc(C)cc2cc(C3=NCC(CC(N)=O)S3)[nH]c12.Sc1cccs1. The van der Waals surface area contributed by atoms with Gasteiger partial charge in [-0.3, -0.25) is 9.79 Å². The number of aromatic nitrogens is 1. The van der Waals surface area contributed by atoms with Crippen LogP contribution in [0.25, 0.3) is 10.9 Å². The van der Waals surface area contributed by atoms with Gasteiger partial charge in [-0.1, -0.05) is 17.8 Å². The van der Waals surface area contributed by atoms with Crippen molar-refractivity contribution in [1.82, 2.24) is 4.98 Å². The zero-order valence-corrected chi connectivity index (χ0v) is 17.7. The molecule has 0 aliphatic carbocycles. The van der Waals surface area contributed by atoms with Crippen molar-refractivity contribution < 1.29 is 4.79 Å². The summed E-state index contributed by atoms with van der Waals surface area (Å²) >= 11 is 7.32. The van der Waals surface area contributed by atoms with Crippen molar-refractivity contribution in [2.75, 3.05) is 18.9 Å². The number of rotatable bonds is 4. The fourth-order valence-corrected chi connectivity index (χ4v) is 4.69. The van der Waals surface area contributed by atoms with Crippen LogP contribution in [0.15, 0.2) is 44.9 Å². The molecule has 0 radical (unpaired) electrons. The number of nitrogens with two attached hydrogens (primary N) is 1. The number of thioether (sulfide) groups is 1. The molecule has 4 N–H and O–H groups in total. The van der Waals surface area contributed by atoms with Gasteiger partial charge in [0.15, 0.2) is 0 Å². The Morgan fingerprint density at radius 3 is 2.85 bits per heavy atom. The Morgan fingerprint density at radius 2 is 2.26 bits per heavy atom. The van der Waals surface area contributed by atoms with Gasteiger partial charge in [-0.25, -0.2) is 0 Å². The molecule has 0 fully saturated rings. The molecule has 4 rings (SSSR count). The minimum absolute atomic E-state index is 0.161.